The van der Waals surface area contributed by atoms with Crippen molar-refractivity contribution in [2.75, 3.05) is 37.1 Å². The number of piperidine rings is 1. The number of rotatable bonds is 8. The maximum absolute atomic E-state index is 13.1. The van der Waals surface area contributed by atoms with Gasteiger partial charge in [-0.25, -0.2) is 9.07 Å². The zero-order chi connectivity index (χ0) is 22.8. The maximum Gasteiger partial charge on any atom is 0.322 e. The van der Waals surface area contributed by atoms with E-state index in [1.165, 1.54) is 4.68 Å². The van der Waals surface area contributed by atoms with Crippen LogP contribution in [0.1, 0.15) is 12.8 Å². The van der Waals surface area contributed by atoms with Crippen molar-refractivity contribution >= 4 is 23.2 Å². The predicted octanol–water partition coefficient (Wildman–Crippen LogP) is 3.82. The zero-order valence-electron chi connectivity index (χ0n) is 18.2. The summed E-state index contributed by atoms with van der Waals surface area (Å²) in [6.45, 7) is 1.27. The maximum atomic E-state index is 13.1. The van der Waals surface area contributed by atoms with Gasteiger partial charge in [0.2, 0.25) is 11.8 Å². The second-order valence-corrected chi connectivity index (χ2v) is 8.75. The van der Waals surface area contributed by atoms with Crippen molar-refractivity contribution in [2.45, 2.75) is 25.4 Å². The van der Waals surface area contributed by atoms with Gasteiger partial charge in [-0.15, -0.1) is 10.2 Å². The SMILES string of the molecule is COc1cc(N2C[C@H]3CC[C@@H](C2)C3Nc2nc(Oc3cccc(Cl)c3)n(CCF)n2)cnn1. The number of hydrogen-bond donors (Lipinski definition) is 1. The molecule has 9 nitrogen and oxygen atoms in total. The summed E-state index contributed by atoms with van der Waals surface area (Å²) in [6, 6.07) is 9.38. The Balaban J connectivity index is 1.30. The predicted molar refractivity (Wildman–Crippen MR) is 122 cm³/mol. The molecule has 1 saturated carbocycles. The molecule has 174 valence electrons. The van der Waals surface area contributed by atoms with E-state index in [1.54, 1.807) is 37.6 Å². The van der Waals surface area contributed by atoms with Gasteiger partial charge in [0.05, 0.1) is 25.5 Å². The first-order valence-electron chi connectivity index (χ1n) is 11.0. The lowest BCUT2D eigenvalue weighted by Crippen LogP contribution is -2.48. The summed E-state index contributed by atoms with van der Waals surface area (Å²) in [4.78, 5) is 6.84. The Hall–Kier alpha value is -3.14. The molecule has 1 aromatic carbocycles. The molecule has 11 heteroatoms. The molecular weight excluding hydrogens is 449 g/mol. The number of alkyl halides is 1. The third kappa shape index (κ3) is 4.66. The summed E-state index contributed by atoms with van der Waals surface area (Å²) in [5.74, 6) is 2.33. The van der Waals surface area contributed by atoms with Crippen LogP contribution >= 0.6 is 11.6 Å². The molecule has 2 bridgehead atoms. The first kappa shape index (κ1) is 21.7. The molecule has 1 aliphatic carbocycles. The molecule has 0 spiro atoms. The average Bonchev–Trinajstić information content (AvgIpc) is 3.28. The Morgan fingerprint density at radius 3 is 2.76 bits per heavy atom. The van der Waals surface area contributed by atoms with E-state index in [0.29, 0.717) is 34.4 Å². The van der Waals surface area contributed by atoms with Crippen LogP contribution in [0, 0.1) is 11.8 Å². The highest BCUT2D eigenvalue weighted by Crippen LogP contribution is 2.40. The van der Waals surface area contributed by atoms with E-state index in [1.807, 2.05) is 6.07 Å². The second-order valence-electron chi connectivity index (χ2n) is 8.32. The van der Waals surface area contributed by atoms with Crippen LogP contribution in [-0.2, 0) is 6.54 Å². The number of nitrogens with zero attached hydrogens (tertiary/aromatic N) is 6. The number of ether oxygens (including phenoxy) is 2. The van der Waals surface area contributed by atoms with Crippen LogP contribution in [0.15, 0.2) is 36.5 Å². The van der Waals surface area contributed by atoms with Crippen LogP contribution in [0.25, 0.3) is 0 Å². The van der Waals surface area contributed by atoms with E-state index in [0.717, 1.165) is 31.6 Å². The Morgan fingerprint density at radius 2 is 2.03 bits per heavy atom. The molecule has 3 atom stereocenters. The minimum absolute atomic E-state index is 0.0623. The number of halogens is 2. The van der Waals surface area contributed by atoms with E-state index in [2.05, 4.69) is 30.5 Å². The van der Waals surface area contributed by atoms with Gasteiger partial charge in [0, 0.05) is 30.2 Å². The van der Waals surface area contributed by atoms with Crippen LogP contribution in [0.4, 0.5) is 16.0 Å². The summed E-state index contributed by atoms with van der Waals surface area (Å²) >= 11 is 6.04. The highest BCUT2D eigenvalue weighted by atomic mass is 35.5. The molecule has 1 aliphatic heterocycles. The fourth-order valence-electron chi connectivity index (χ4n) is 4.75. The Bertz CT molecular complexity index is 1100. The fourth-order valence-corrected chi connectivity index (χ4v) is 4.93. The molecule has 1 saturated heterocycles. The lowest BCUT2D eigenvalue weighted by molar-refractivity contribution is 0.363. The summed E-state index contributed by atoms with van der Waals surface area (Å²) in [5, 5.41) is 16.5. The first-order chi connectivity index (χ1) is 16.1. The van der Waals surface area contributed by atoms with Crippen molar-refractivity contribution in [1.29, 1.82) is 0 Å². The van der Waals surface area contributed by atoms with Gasteiger partial charge in [0.1, 0.15) is 12.4 Å². The Labute approximate surface area is 195 Å². The Kier molecular flexibility index (Phi) is 6.17. The largest absolute Gasteiger partial charge is 0.480 e. The quantitative estimate of drug-likeness (QED) is 0.528. The molecule has 0 radical (unpaired) electrons. The van der Waals surface area contributed by atoms with Gasteiger partial charge < -0.3 is 19.7 Å². The number of methoxy groups -OCH3 is 1. The van der Waals surface area contributed by atoms with Gasteiger partial charge in [0.15, 0.2) is 0 Å². The third-order valence-electron chi connectivity index (χ3n) is 6.26. The summed E-state index contributed by atoms with van der Waals surface area (Å²) < 4.78 is 25.6. The van der Waals surface area contributed by atoms with Gasteiger partial charge in [-0.1, -0.05) is 17.7 Å². The van der Waals surface area contributed by atoms with Gasteiger partial charge >= 0.3 is 6.01 Å². The minimum Gasteiger partial charge on any atom is -0.480 e. The average molecular weight is 474 g/mol. The van der Waals surface area contributed by atoms with Crippen molar-refractivity contribution in [2.24, 2.45) is 11.8 Å². The monoisotopic (exact) mass is 473 g/mol. The number of aryl methyl sites for hydroxylation is 1. The highest BCUT2D eigenvalue weighted by molar-refractivity contribution is 6.30. The molecule has 2 aliphatic rings. The first-order valence-corrected chi connectivity index (χ1v) is 11.3. The number of benzene rings is 1. The summed E-state index contributed by atoms with van der Waals surface area (Å²) in [5.41, 5.74) is 1.01. The number of hydrogen-bond acceptors (Lipinski definition) is 8. The van der Waals surface area contributed by atoms with Gasteiger partial charge in [-0.2, -0.15) is 10.1 Å². The molecule has 0 amide bonds. The molecule has 5 rings (SSSR count). The smallest absolute Gasteiger partial charge is 0.322 e. The normalized spacial score (nSPS) is 21.8. The van der Waals surface area contributed by atoms with Crippen molar-refractivity contribution in [1.82, 2.24) is 25.0 Å². The van der Waals surface area contributed by atoms with Crippen LogP contribution in [0.2, 0.25) is 5.02 Å². The zero-order valence-corrected chi connectivity index (χ0v) is 19.0. The van der Waals surface area contributed by atoms with Crippen LogP contribution < -0.4 is 19.7 Å². The third-order valence-corrected chi connectivity index (χ3v) is 6.50. The topological polar surface area (TPSA) is 90.2 Å². The lowest BCUT2D eigenvalue weighted by Gasteiger charge is -2.39. The van der Waals surface area contributed by atoms with E-state index >= 15 is 0 Å². The molecule has 2 aromatic heterocycles. The molecule has 33 heavy (non-hydrogen) atoms. The summed E-state index contributed by atoms with van der Waals surface area (Å²) in [7, 11) is 1.59. The number of fused-ring (bicyclic) bond motifs is 2. The molecule has 2 fully saturated rings. The molecular formula is C22H25ClFN7O2. The van der Waals surface area contributed by atoms with Crippen molar-refractivity contribution in [3.05, 3.63) is 41.6 Å². The second kappa shape index (κ2) is 9.38. The van der Waals surface area contributed by atoms with E-state index in [4.69, 9.17) is 21.1 Å². The highest BCUT2D eigenvalue weighted by Gasteiger charge is 2.42. The van der Waals surface area contributed by atoms with Crippen LogP contribution in [0.3, 0.4) is 0 Å². The molecule has 1 N–H and O–H groups in total. The standard InChI is InChI=1S/C22H25ClFN7O2/c1-32-19-10-17(11-25-28-19)30-12-14-5-6-15(13-30)20(14)26-21-27-22(31(29-21)8-7-24)33-18-4-2-3-16(23)9-18/h2-4,9-11,14-15,20H,5-8,12-13H2,1H3,(H,26,29)/t14-,15+,20?. The lowest BCUT2D eigenvalue weighted by atomic mass is 9.92. The van der Waals surface area contributed by atoms with Crippen molar-refractivity contribution in [3.8, 4) is 17.6 Å². The van der Waals surface area contributed by atoms with Crippen LogP contribution in [-0.4, -0.2) is 57.9 Å². The molecule has 3 heterocycles. The minimum atomic E-state index is -0.568. The Morgan fingerprint density at radius 1 is 1.21 bits per heavy atom. The fraction of sp³-hybridized carbons (Fsp3) is 0.455. The number of aromatic nitrogens is 5. The summed E-state index contributed by atoms with van der Waals surface area (Å²) in [6.07, 6.45) is 4.01. The van der Waals surface area contributed by atoms with E-state index in [-0.39, 0.29) is 18.6 Å². The van der Waals surface area contributed by atoms with Gasteiger partial charge in [0.25, 0.3) is 0 Å². The molecule has 1 unspecified atom stereocenters. The number of nitrogens with one attached hydrogen (secondary N) is 1. The van der Waals surface area contributed by atoms with E-state index < -0.39 is 6.67 Å². The van der Waals surface area contributed by atoms with E-state index in [9.17, 15) is 4.39 Å². The van der Waals surface area contributed by atoms with Crippen molar-refractivity contribution in [3.63, 3.8) is 0 Å². The van der Waals surface area contributed by atoms with Gasteiger partial charge in [-0.3, -0.25) is 0 Å². The number of anilines is 2. The molecule has 3 aromatic rings. The van der Waals surface area contributed by atoms with Crippen molar-refractivity contribution < 1.29 is 13.9 Å². The van der Waals surface area contributed by atoms with Crippen LogP contribution in [0.5, 0.6) is 17.6 Å². The van der Waals surface area contributed by atoms with Gasteiger partial charge in [-0.05, 0) is 42.9 Å².